The van der Waals surface area contributed by atoms with E-state index in [1.54, 1.807) is 16.8 Å². The molecule has 29 heavy (non-hydrogen) atoms. The van der Waals surface area contributed by atoms with Crippen molar-refractivity contribution in [3.05, 3.63) is 45.4 Å². The molecule has 1 aliphatic heterocycles. The summed E-state index contributed by atoms with van der Waals surface area (Å²) < 4.78 is 5.75. The highest BCUT2D eigenvalue weighted by atomic mass is 35.5. The first-order valence-electron chi connectivity index (χ1n) is 10.2. The van der Waals surface area contributed by atoms with Crippen molar-refractivity contribution in [2.45, 2.75) is 63.7 Å². The van der Waals surface area contributed by atoms with Crippen LogP contribution in [0.15, 0.2) is 29.1 Å². The van der Waals surface area contributed by atoms with Crippen LogP contribution in [0.2, 0.25) is 5.02 Å². The summed E-state index contributed by atoms with van der Waals surface area (Å²) in [5.41, 5.74) is 3.09. The molecule has 4 rings (SSSR count). The molecule has 0 bridgehead atoms. The van der Waals surface area contributed by atoms with Gasteiger partial charge in [0, 0.05) is 28.9 Å². The summed E-state index contributed by atoms with van der Waals surface area (Å²) in [6, 6.07) is 5.97. The van der Waals surface area contributed by atoms with Gasteiger partial charge in [-0.05, 0) is 63.1 Å². The number of carbonyl (C=O) groups excluding carboxylic acids is 1. The lowest BCUT2D eigenvalue weighted by atomic mass is 9.83. The van der Waals surface area contributed by atoms with Crippen LogP contribution in [-0.4, -0.2) is 39.1 Å². The number of aromatic nitrogens is 1. The van der Waals surface area contributed by atoms with E-state index in [1.165, 1.54) is 0 Å². The summed E-state index contributed by atoms with van der Waals surface area (Å²) in [4.78, 5) is 19.2. The molecule has 5 nitrogen and oxygen atoms in total. The van der Waals surface area contributed by atoms with Crippen LogP contribution in [0, 0.1) is 5.92 Å². The normalized spacial score (nSPS) is 27.4. The summed E-state index contributed by atoms with van der Waals surface area (Å²) in [6.45, 7) is 3.12. The molecule has 0 spiro atoms. The van der Waals surface area contributed by atoms with E-state index in [4.69, 9.17) is 16.3 Å². The van der Waals surface area contributed by atoms with Crippen LogP contribution in [0.1, 0.15) is 50.3 Å². The smallest absolute Gasteiger partial charge is 0.226 e. The van der Waals surface area contributed by atoms with Crippen molar-refractivity contribution in [3.63, 3.8) is 0 Å². The highest BCUT2D eigenvalue weighted by Gasteiger charge is 2.39. The van der Waals surface area contributed by atoms with E-state index in [0.29, 0.717) is 23.8 Å². The Morgan fingerprint density at radius 3 is 2.83 bits per heavy atom. The van der Waals surface area contributed by atoms with Crippen molar-refractivity contribution in [2.75, 3.05) is 6.54 Å². The number of rotatable bonds is 6. The number of likely N-dealkylation sites (tertiary alicyclic amines) is 1. The number of ether oxygens (including phenoxy) is 1. The highest BCUT2D eigenvalue weighted by Crippen LogP contribution is 2.35. The molecule has 1 saturated carbocycles. The molecular formula is C22H27ClN2O3S. The molecule has 156 valence electrons. The number of nitrogens with zero attached hydrogens (tertiary/aromatic N) is 2. The number of carbonyl (C=O) groups is 1. The number of aliphatic hydroxyl groups is 1. The average molecular weight is 435 g/mol. The van der Waals surface area contributed by atoms with Crippen LogP contribution in [0.3, 0.4) is 0 Å². The quantitative estimate of drug-likeness (QED) is 0.729. The molecule has 2 aliphatic rings. The molecule has 2 aromatic rings. The predicted molar refractivity (Wildman–Crippen MR) is 114 cm³/mol. The first kappa shape index (κ1) is 20.6. The average Bonchev–Trinajstić information content (AvgIpc) is 3.33. The van der Waals surface area contributed by atoms with Gasteiger partial charge in [0.2, 0.25) is 5.91 Å². The lowest BCUT2D eigenvalue weighted by Gasteiger charge is -2.37. The highest BCUT2D eigenvalue weighted by molar-refractivity contribution is 7.07. The standard InChI is InChI=1S/C22H27ClN2O3S/c1-22(27)7-4-18(5-8-22)25-9-6-16(21(25)26)10-15-2-3-19(11-20(15)23)28-12-17-13-29-14-24-17/h2-3,11,13-14,16,18,27H,4-10,12H2,1H3. The second-order valence-corrected chi connectivity index (χ2v) is 9.60. The lowest BCUT2D eigenvalue weighted by Crippen LogP contribution is -2.43. The van der Waals surface area contributed by atoms with Gasteiger partial charge in [0.1, 0.15) is 12.4 Å². The Bertz CT molecular complexity index is 846. The zero-order valence-corrected chi connectivity index (χ0v) is 18.2. The molecule has 2 fully saturated rings. The van der Waals surface area contributed by atoms with E-state index < -0.39 is 5.60 Å². The summed E-state index contributed by atoms with van der Waals surface area (Å²) in [7, 11) is 0. The predicted octanol–water partition coefficient (Wildman–Crippen LogP) is 4.46. The number of thiazole rings is 1. The van der Waals surface area contributed by atoms with Crippen LogP contribution in [0.5, 0.6) is 5.75 Å². The van der Waals surface area contributed by atoms with E-state index in [2.05, 4.69) is 4.98 Å². The van der Waals surface area contributed by atoms with Gasteiger partial charge in [-0.1, -0.05) is 17.7 Å². The fourth-order valence-corrected chi connectivity index (χ4v) is 5.16. The summed E-state index contributed by atoms with van der Waals surface area (Å²) >= 11 is 8.03. The van der Waals surface area contributed by atoms with Gasteiger partial charge in [0.25, 0.3) is 0 Å². The van der Waals surface area contributed by atoms with Gasteiger partial charge in [0.05, 0.1) is 16.8 Å². The molecule has 1 aliphatic carbocycles. The molecule has 1 aromatic heterocycles. The van der Waals surface area contributed by atoms with E-state index in [9.17, 15) is 9.90 Å². The van der Waals surface area contributed by atoms with Crippen LogP contribution >= 0.6 is 22.9 Å². The van der Waals surface area contributed by atoms with E-state index >= 15 is 0 Å². The maximum absolute atomic E-state index is 13.0. The maximum Gasteiger partial charge on any atom is 0.226 e. The second kappa shape index (κ2) is 8.62. The third kappa shape index (κ3) is 4.93. The van der Waals surface area contributed by atoms with Gasteiger partial charge >= 0.3 is 0 Å². The Kier molecular flexibility index (Phi) is 6.13. The maximum atomic E-state index is 13.0. The van der Waals surface area contributed by atoms with Gasteiger partial charge in [0.15, 0.2) is 0 Å². The Morgan fingerprint density at radius 1 is 1.34 bits per heavy atom. The molecule has 2 heterocycles. The van der Waals surface area contributed by atoms with Gasteiger partial charge < -0.3 is 14.7 Å². The first-order valence-corrected chi connectivity index (χ1v) is 11.5. The van der Waals surface area contributed by atoms with Crippen LogP contribution in [-0.2, 0) is 17.8 Å². The van der Waals surface area contributed by atoms with E-state index in [1.807, 2.05) is 35.4 Å². The number of hydrogen-bond acceptors (Lipinski definition) is 5. The topological polar surface area (TPSA) is 62.7 Å². The number of hydrogen-bond donors (Lipinski definition) is 1. The second-order valence-electron chi connectivity index (χ2n) is 8.47. The molecule has 1 unspecified atom stereocenters. The van der Waals surface area contributed by atoms with Crippen molar-refractivity contribution < 1.29 is 14.6 Å². The van der Waals surface area contributed by atoms with Crippen LogP contribution in [0.25, 0.3) is 0 Å². The SMILES string of the molecule is CC1(O)CCC(N2CCC(Cc3ccc(OCc4cscn4)cc3Cl)C2=O)CC1. The zero-order valence-electron chi connectivity index (χ0n) is 16.6. The largest absolute Gasteiger partial charge is 0.487 e. The monoisotopic (exact) mass is 434 g/mol. The first-order chi connectivity index (χ1) is 13.9. The summed E-state index contributed by atoms with van der Waals surface area (Å²) in [5.74, 6) is 0.925. The van der Waals surface area contributed by atoms with Crippen molar-refractivity contribution >= 4 is 28.8 Å². The fourth-order valence-electron chi connectivity index (χ4n) is 4.37. The fraction of sp³-hybridized carbons (Fsp3) is 0.545. The third-order valence-corrected chi connectivity index (χ3v) is 7.17. The minimum Gasteiger partial charge on any atom is -0.487 e. The molecule has 0 radical (unpaired) electrons. The molecule has 1 amide bonds. The number of amides is 1. The van der Waals surface area contributed by atoms with Crippen LogP contribution < -0.4 is 4.74 Å². The third-order valence-electron chi connectivity index (χ3n) is 6.18. The van der Waals surface area contributed by atoms with Crippen LogP contribution in [0.4, 0.5) is 0 Å². The Labute approximate surface area is 180 Å². The minimum atomic E-state index is -0.574. The molecule has 1 saturated heterocycles. The summed E-state index contributed by atoms with van der Waals surface area (Å²) in [6.07, 6.45) is 4.82. The number of halogens is 1. The molecule has 1 N–H and O–H groups in total. The van der Waals surface area contributed by atoms with Crippen molar-refractivity contribution in [1.29, 1.82) is 0 Å². The Balaban J connectivity index is 1.34. The molecule has 7 heteroatoms. The summed E-state index contributed by atoms with van der Waals surface area (Å²) in [5, 5.41) is 12.8. The Morgan fingerprint density at radius 2 is 2.14 bits per heavy atom. The van der Waals surface area contributed by atoms with E-state index in [-0.39, 0.29) is 17.9 Å². The van der Waals surface area contributed by atoms with Crippen molar-refractivity contribution in [3.8, 4) is 5.75 Å². The van der Waals surface area contributed by atoms with Crippen molar-refractivity contribution in [2.24, 2.45) is 5.92 Å². The van der Waals surface area contributed by atoms with Crippen molar-refractivity contribution in [1.82, 2.24) is 9.88 Å². The molecule has 1 atom stereocenters. The number of benzene rings is 1. The van der Waals surface area contributed by atoms with Gasteiger partial charge in [-0.3, -0.25) is 4.79 Å². The van der Waals surface area contributed by atoms with Gasteiger partial charge in [-0.15, -0.1) is 11.3 Å². The minimum absolute atomic E-state index is 0.0169. The lowest BCUT2D eigenvalue weighted by molar-refractivity contribution is -0.134. The Hall–Kier alpha value is -1.63. The van der Waals surface area contributed by atoms with Gasteiger partial charge in [-0.2, -0.15) is 0 Å². The zero-order chi connectivity index (χ0) is 20.4. The molecule has 1 aromatic carbocycles. The molecular weight excluding hydrogens is 408 g/mol. The van der Waals surface area contributed by atoms with E-state index in [0.717, 1.165) is 49.9 Å². The van der Waals surface area contributed by atoms with Gasteiger partial charge in [-0.25, -0.2) is 4.98 Å².